The van der Waals surface area contributed by atoms with Crippen molar-refractivity contribution in [2.75, 3.05) is 46.6 Å². The summed E-state index contributed by atoms with van der Waals surface area (Å²) in [6.45, 7) is 5.25. The number of carbonyl (C=O) groups excluding carboxylic acids is 1. The largest absolute Gasteiger partial charge is 0.353 e. The number of carbonyl (C=O) groups is 1. The maximum atomic E-state index is 12.5. The van der Waals surface area contributed by atoms with Gasteiger partial charge in [0.15, 0.2) is 0 Å². The van der Waals surface area contributed by atoms with Gasteiger partial charge in [-0.3, -0.25) is 4.79 Å². The van der Waals surface area contributed by atoms with Crippen LogP contribution in [0.4, 0.5) is 29.2 Å². The van der Waals surface area contributed by atoms with Gasteiger partial charge in [-0.1, -0.05) is 31.2 Å². The molecule has 1 amide bonds. The summed E-state index contributed by atoms with van der Waals surface area (Å²) in [4.78, 5) is 39.6. The van der Waals surface area contributed by atoms with Crippen molar-refractivity contribution in [3.63, 3.8) is 0 Å². The van der Waals surface area contributed by atoms with Crippen LogP contribution in [0.2, 0.25) is 0 Å². The lowest BCUT2D eigenvalue weighted by atomic mass is 10.2. The molecule has 0 bridgehead atoms. The highest BCUT2D eigenvalue weighted by Gasteiger charge is 2.21. The topological polar surface area (TPSA) is 112 Å². The average molecular weight is 482 g/mol. The van der Waals surface area contributed by atoms with Crippen LogP contribution in [0, 0.1) is 0 Å². The summed E-state index contributed by atoms with van der Waals surface area (Å²) >= 11 is 0. The van der Waals surface area contributed by atoms with Crippen molar-refractivity contribution in [2.45, 2.75) is 13.3 Å². The van der Waals surface area contributed by atoms with Gasteiger partial charge in [-0.15, -0.1) is 0 Å². The lowest BCUT2D eigenvalue weighted by Gasteiger charge is -2.35. The lowest BCUT2D eigenvalue weighted by molar-refractivity contribution is 0.102. The van der Waals surface area contributed by atoms with E-state index < -0.39 is 0 Å². The van der Waals surface area contributed by atoms with Crippen LogP contribution in [0.5, 0.6) is 0 Å². The highest BCUT2D eigenvalue weighted by atomic mass is 16.1. The van der Waals surface area contributed by atoms with E-state index in [4.69, 9.17) is 0 Å². The maximum Gasteiger partial charge on any atom is 0.257 e. The third-order valence-electron chi connectivity index (χ3n) is 5.82. The summed E-state index contributed by atoms with van der Waals surface area (Å²) in [5.41, 5.74) is 1.19. The minimum atomic E-state index is -0.221. The summed E-state index contributed by atoms with van der Waals surface area (Å²) in [7, 11) is 0. The molecule has 5 rings (SSSR count). The normalized spacial score (nSPS) is 13.4. The average Bonchev–Trinajstić information content (AvgIpc) is 2.94. The number of hydrogen-bond donors (Lipinski definition) is 2. The number of pyridine rings is 2. The zero-order valence-corrected chi connectivity index (χ0v) is 20.0. The van der Waals surface area contributed by atoms with E-state index in [-0.39, 0.29) is 5.91 Å². The molecule has 2 N–H and O–H groups in total. The van der Waals surface area contributed by atoms with Gasteiger partial charge in [0.05, 0.1) is 5.56 Å². The molecule has 182 valence electrons. The van der Waals surface area contributed by atoms with Gasteiger partial charge in [0.1, 0.15) is 17.5 Å². The van der Waals surface area contributed by atoms with Crippen LogP contribution in [0.3, 0.4) is 0 Å². The molecule has 1 aromatic carbocycles. The van der Waals surface area contributed by atoms with Crippen molar-refractivity contribution in [1.82, 2.24) is 24.9 Å². The van der Waals surface area contributed by atoms with Crippen molar-refractivity contribution >= 4 is 35.1 Å². The number of hydrogen-bond acceptors (Lipinski definition) is 9. The SMILES string of the molecule is CCc1nc(Nc2ccc(C(=O)Nc3ccccc3)cn2)nc(N2CCN(c3ccccn3)CC2)n1. The van der Waals surface area contributed by atoms with Gasteiger partial charge in [-0.2, -0.15) is 15.0 Å². The fraction of sp³-hybridized carbons (Fsp3) is 0.231. The molecule has 3 aromatic heterocycles. The number of benzene rings is 1. The molecule has 36 heavy (non-hydrogen) atoms. The van der Waals surface area contributed by atoms with Crippen molar-refractivity contribution in [2.24, 2.45) is 0 Å². The molecule has 0 aliphatic carbocycles. The number of aromatic nitrogens is 5. The fourth-order valence-corrected chi connectivity index (χ4v) is 3.88. The molecular weight excluding hydrogens is 454 g/mol. The van der Waals surface area contributed by atoms with Crippen LogP contribution in [0.1, 0.15) is 23.1 Å². The highest BCUT2D eigenvalue weighted by Crippen LogP contribution is 2.19. The van der Waals surface area contributed by atoms with E-state index in [1.165, 1.54) is 6.20 Å². The van der Waals surface area contributed by atoms with E-state index in [1.54, 1.807) is 12.1 Å². The Labute approximate surface area is 209 Å². The van der Waals surface area contributed by atoms with Gasteiger partial charge >= 0.3 is 0 Å². The van der Waals surface area contributed by atoms with E-state index in [2.05, 4.69) is 45.4 Å². The fourth-order valence-electron chi connectivity index (χ4n) is 3.88. The Bertz CT molecular complexity index is 1290. The second-order valence-electron chi connectivity index (χ2n) is 8.27. The molecule has 1 aliphatic rings. The first kappa shape index (κ1) is 23.2. The van der Waals surface area contributed by atoms with Crippen LogP contribution >= 0.6 is 0 Å². The molecule has 1 fully saturated rings. The number of para-hydroxylation sites is 1. The van der Waals surface area contributed by atoms with Gasteiger partial charge in [-0.25, -0.2) is 9.97 Å². The zero-order valence-electron chi connectivity index (χ0n) is 20.0. The van der Waals surface area contributed by atoms with Crippen molar-refractivity contribution in [3.8, 4) is 0 Å². The Morgan fingerprint density at radius 2 is 1.64 bits per heavy atom. The van der Waals surface area contributed by atoms with Gasteiger partial charge in [0, 0.05) is 50.7 Å². The minimum absolute atomic E-state index is 0.221. The molecule has 0 radical (unpaired) electrons. The zero-order chi connectivity index (χ0) is 24.7. The summed E-state index contributed by atoms with van der Waals surface area (Å²) in [6.07, 6.45) is 4.03. The molecule has 0 unspecified atom stereocenters. The Morgan fingerprint density at radius 3 is 2.33 bits per heavy atom. The first-order valence-electron chi connectivity index (χ1n) is 11.9. The van der Waals surface area contributed by atoms with Crippen LogP contribution in [-0.4, -0.2) is 57.0 Å². The number of aryl methyl sites for hydroxylation is 1. The van der Waals surface area contributed by atoms with E-state index in [1.807, 2.05) is 61.7 Å². The van der Waals surface area contributed by atoms with Crippen LogP contribution in [0.25, 0.3) is 0 Å². The first-order valence-corrected chi connectivity index (χ1v) is 11.9. The summed E-state index contributed by atoms with van der Waals surface area (Å²) in [5.74, 6) is 3.08. The molecule has 1 saturated heterocycles. The molecule has 0 saturated carbocycles. The Hall–Kier alpha value is -4.60. The van der Waals surface area contributed by atoms with Crippen molar-refractivity contribution in [1.29, 1.82) is 0 Å². The molecule has 0 spiro atoms. The minimum Gasteiger partial charge on any atom is -0.353 e. The van der Waals surface area contributed by atoms with Crippen LogP contribution in [-0.2, 0) is 6.42 Å². The Morgan fingerprint density at radius 1 is 0.861 bits per heavy atom. The monoisotopic (exact) mass is 481 g/mol. The predicted molar refractivity (Wildman–Crippen MR) is 140 cm³/mol. The first-order chi connectivity index (χ1) is 17.7. The Kier molecular flexibility index (Phi) is 6.93. The number of nitrogens with one attached hydrogen (secondary N) is 2. The lowest BCUT2D eigenvalue weighted by Crippen LogP contribution is -2.47. The Balaban J connectivity index is 1.25. The number of nitrogens with zero attached hydrogens (tertiary/aromatic N) is 7. The summed E-state index contributed by atoms with van der Waals surface area (Å²) in [6, 6.07) is 18.7. The number of anilines is 5. The van der Waals surface area contributed by atoms with Crippen molar-refractivity contribution < 1.29 is 4.79 Å². The van der Waals surface area contributed by atoms with Gasteiger partial charge in [0.25, 0.3) is 5.91 Å². The van der Waals surface area contributed by atoms with Gasteiger partial charge in [-0.05, 0) is 36.4 Å². The standard InChI is InChI=1S/C26H27N9O/c1-2-21-30-25(31-22-12-11-19(18-28-22)24(36)29-20-8-4-3-5-9-20)33-26(32-21)35-16-14-34(15-17-35)23-10-6-7-13-27-23/h3-13,18H,2,14-17H2,1H3,(H,29,36)(H,28,30,31,32,33). The van der Waals surface area contributed by atoms with Gasteiger partial charge < -0.3 is 20.4 Å². The number of amides is 1. The van der Waals surface area contributed by atoms with E-state index in [9.17, 15) is 4.79 Å². The maximum absolute atomic E-state index is 12.5. The smallest absolute Gasteiger partial charge is 0.257 e. The second kappa shape index (κ2) is 10.8. The second-order valence-corrected chi connectivity index (χ2v) is 8.27. The van der Waals surface area contributed by atoms with Crippen LogP contribution in [0.15, 0.2) is 73.1 Å². The van der Waals surface area contributed by atoms with Crippen molar-refractivity contribution in [3.05, 3.63) is 84.4 Å². The predicted octanol–water partition coefficient (Wildman–Crippen LogP) is 3.55. The molecule has 0 atom stereocenters. The third-order valence-corrected chi connectivity index (χ3v) is 5.82. The summed E-state index contributed by atoms with van der Waals surface area (Å²) < 4.78 is 0. The number of piperazine rings is 1. The summed E-state index contributed by atoms with van der Waals surface area (Å²) in [5, 5.41) is 6.01. The number of rotatable bonds is 7. The molecule has 10 heteroatoms. The quantitative estimate of drug-likeness (QED) is 0.409. The molecule has 4 heterocycles. The van der Waals surface area contributed by atoms with E-state index >= 15 is 0 Å². The molecule has 10 nitrogen and oxygen atoms in total. The third kappa shape index (κ3) is 5.54. The highest BCUT2D eigenvalue weighted by molar-refractivity contribution is 6.04. The van der Waals surface area contributed by atoms with E-state index in [0.717, 1.165) is 37.7 Å². The molecule has 4 aromatic rings. The molecular formula is C26H27N9O. The van der Waals surface area contributed by atoms with E-state index in [0.29, 0.717) is 35.5 Å². The van der Waals surface area contributed by atoms with Crippen LogP contribution < -0.4 is 20.4 Å². The van der Waals surface area contributed by atoms with Gasteiger partial charge in [0.2, 0.25) is 11.9 Å². The molecule has 1 aliphatic heterocycles.